The molecule has 146 valence electrons. The number of para-hydroxylation sites is 1. The lowest BCUT2D eigenvalue weighted by Crippen LogP contribution is -2.41. The van der Waals surface area contributed by atoms with Gasteiger partial charge in [0.1, 0.15) is 17.9 Å². The summed E-state index contributed by atoms with van der Waals surface area (Å²) in [6.07, 6.45) is 0. The Bertz CT molecular complexity index is 963. The molecule has 3 rings (SSSR count). The maximum Gasteiger partial charge on any atom is 0.325 e. The van der Waals surface area contributed by atoms with Gasteiger partial charge in [0, 0.05) is 15.6 Å². The second kappa shape index (κ2) is 7.81. The van der Waals surface area contributed by atoms with Gasteiger partial charge < -0.3 is 10.1 Å². The molecule has 1 atom stereocenters. The number of carbonyl (C=O) groups excluding carboxylic acids is 3. The molecule has 2 aromatic carbocycles. The van der Waals surface area contributed by atoms with Gasteiger partial charge in [-0.25, -0.2) is 4.79 Å². The molecule has 28 heavy (non-hydrogen) atoms. The van der Waals surface area contributed by atoms with E-state index in [0.29, 0.717) is 21.9 Å². The molecule has 2 aromatic rings. The molecule has 0 saturated carbocycles. The van der Waals surface area contributed by atoms with Gasteiger partial charge in [0.25, 0.3) is 5.91 Å². The van der Waals surface area contributed by atoms with E-state index in [1.54, 1.807) is 43.3 Å². The van der Waals surface area contributed by atoms with E-state index in [9.17, 15) is 14.4 Å². The first-order valence-electron chi connectivity index (χ1n) is 8.56. The second-order valence-electron chi connectivity index (χ2n) is 6.54. The Balaban J connectivity index is 1.73. The fraction of sp³-hybridized carbons (Fsp3) is 0.250. The summed E-state index contributed by atoms with van der Waals surface area (Å²) < 4.78 is 5.63. The number of ether oxygens (including phenoxy) is 1. The fourth-order valence-electron chi connectivity index (χ4n) is 3.11. The number of imide groups is 1. The van der Waals surface area contributed by atoms with Crippen molar-refractivity contribution in [2.24, 2.45) is 0 Å². The van der Waals surface area contributed by atoms with Gasteiger partial charge in [0.15, 0.2) is 5.78 Å². The third kappa shape index (κ3) is 3.70. The molecule has 0 aromatic heterocycles. The van der Waals surface area contributed by atoms with Gasteiger partial charge in [-0.05, 0) is 38.1 Å². The van der Waals surface area contributed by atoms with Crippen LogP contribution in [0.3, 0.4) is 0 Å². The van der Waals surface area contributed by atoms with Crippen molar-refractivity contribution >= 4 is 40.9 Å². The van der Waals surface area contributed by atoms with Crippen molar-refractivity contribution in [1.29, 1.82) is 0 Å². The van der Waals surface area contributed by atoms with Gasteiger partial charge in [-0.2, -0.15) is 0 Å². The van der Waals surface area contributed by atoms with E-state index in [-0.39, 0.29) is 24.0 Å². The predicted molar refractivity (Wildman–Crippen MR) is 106 cm³/mol. The molecule has 8 heteroatoms. The summed E-state index contributed by atoms with van der Waals surface area (Å²) >= 11 is 12.1. The van der Waals surface area contributed by atoms with Crippen molar-refractivity contribution < 1.29 is 19.1 Å². The summed E-state index contributed by atoms with van der Waals surface area (Å²) in [6, 6.07) is 11.0. The molecule has 0 bridgehead atoms. The van der Waals surface area contributed by atoms with Gasteiger partial charge in [0.05, 0.1) is 12.1 Å². The maximum absolute atomic E-state index is 12.9. The van der Waals surface area contributed by atoms with Gasteiger partial charge in [-0.3, -0.25) is 14.5 Å². The van der Waals surface area contributed by atoms with E-state index >= 15 is 0 Å². The summed E-state index contributed by atoms with van der Waals surface area (Å²) in [5.74, 6) is -0.161. The molecule has 6 nitrogen and oxygen atoms in total. The zero-order valence-corrected chi connectivity index (χ0v) is 16.8. The Morgan fingerprint density at radius 1 is 1.18 bits per heavy atom. The zero-order valence-electron chi connectivity index (χ0n) is 15.3. The van der Waals surface area contributed by atoms with Crippen molar-refractivity contribution in [3.05, 3.63) is 63.6 Å². The van der Waals surface area contributed by atoms with E-state index in [2.05, 4.69) is 5.32 Å². The lowest BCUT2D eigenvalue weighted by atomic mass is 9.92. The minimum atomic E-state index is -1.30. The molecule has 0 radical (unpaired) electrons. The number of carbonyl (C=O) groups is 3. The fourth-order valence-corrected chi connectivity index (χ4v) is 3.71. The van der Waals surface area contributed by atoms with E-state index in [1.807, 2.05) is 0 Å². The van der Waals surface area contributed by atoms with Crippen molar-refractivity contribution in [1.82, 2.24) is 10.2 Å². The lowest BCUT2D eigenvalue weighted by Gasteiger charge is -2.23. The molecular formula is C20H18Cl2N2O4. The SMILES string of the molecule is CC(=O)c1ccccc1OCCN1C(=O)NC(C)(c2ccc(Cl)cc2Cl)C1=O. The summed E-state index contributed by atoms with van der Waals surface area (Å²) in [5, 5.41) is 3.41. The quantitative estimate of drug-likeness (QED) is 0.564. The number of amides is 3. The number of urea groups is 1. The summed E-state index contributed by atoms with van der Waals surface area (Å²) in [6.45, 7) is 3.11. The highest BCUT2D eigenvalue weighted by Gasteiger charge is 2.49. The molecular weight excluding hydrogens is 403 g/mol. The first-order chi connectivity index (χ1) is 13.2. The van der Waals surface area contributed by atoms with Crippen LogP contribution in [0.15, 0.2) is 42.5 Å². The van der Waals surface area contributed by atoms with Crippen LogP contribution in [-0.4, -0.2) is 35.8 Å². The van der Waals surface area contributed by atoms with Gasteiger partial charge in [-0.15, -0.1) is 0 Å². The van der Waals surface area contributed by atoms with Crippen molar-refractivity contribution in [3.63, 3.8) is 0 Å². The van der Waals surface area contributed by atoms with Crippen LogP contribution in [0.25, 0.3) is 0 Å². The van der Waals surface area contributed by atoms with Gasteiger partial charge in [-0.1, -0.05) is 41.4 Å². The van der Waals surface area contributed by atoms with E-state index < -0.39 is 17.5 Å². The average Bonchev–Trinajstić information content (AvgIpc) is 2.85. The number of benzene rings is 2. The number of Topliss-reactive ketones (excluding diaryl/α,β-unsaturated/α-hetero) is 1. The van der Waals surface area contributed by atoms with Gasteiger partial charge in [0.2, 0.25) is 0 Å². The highest BCUT2D eigenvalue weighted by Crippen LogP contribution is 2.34. The number of hydrogen-bond donors (Lipinski definition) is 1. The normalized spacial score (nSPS) is 18.9. The monoisotopic (exact) mass is 420 g/mol. The molecule has 0 aliphatic carbocycles. The Hall–Kier alpha value is -2.57. The first-order valence-corrected chi connectivity index (χ1v) is 9.32. The highest BCUT2D eigenvalue weighted by molar-refractivity contribution is 6.35. The minimum Gasteiger partial charge on any atom is -0.491 e. The summed E-state index contributed by atoms with van der Waals surface area (Å²) in [5.41, 5.74) is -0.393. The molecule has 1 aliphatic heterocycles. The molecule has 1 aliphatic rings. The standard InChI is InChI=1S/C20H18Cl2N2O4/c1-12(25)14-5-3-4-6-17(14)28-10-9-24-18(26)20(2,23-19(24)27)15-8-7-13(21)11-16(15)22/h3-8,11H,9-10H2,1-2H3,(H,23,27). The van der Waals surface area contributed by atoms with Crippen molar-refractivity contribution in [3.8, 4) is 5.75 Å². The smallest absolute Gasteiger partial charge is 0.325 e. The van der Waals surface area contributed by atoms with Crippen LogP contribution in [0, 0.1) is 0 Å². The molecule has 0 spiro atoms. The minimum absolute atomic E-state index is 0.0255. The van der Waals surface area contributed by atoms with Crippen LogP contribution in [0.1, 0.15) is 29.8 Å². The third-order valence-electron chi connectivity index (χ3n) is 4.58. The number of nitrogens with one attached hydrogen (secondary N) is 1. The van der Waals surface area contributed by atoms with E-state index in [0.717, 1.165) is 4.90 Å². The predicted octanol–water partition coefficient (Wildman–Crippen LogP) is 4.04. The lowest BCUT2D eigenvalue weighted by molar-refractivity contribution is -0.131. The Morgan fingerprint density at radius 2 is 1.89 bits per heavy atom. The highest BCUT2D eigenvalue weighted by atomic mass is 35.5. The number of hydrogen-bond acceptors (Lipinski definition) is 4. The number of nitrogens with zero attached hydrogens (tertiary/aromatic N) is 1. The molecule has 1 fully saturated rings. The number of halogens is 2. The number of rotatable bonds is 6. The third-order valence-corrected chi connectivity index (χ3v) is 5.13. The topological polar surface area (TPSA) is 75.7 Å². The molecule has 1 N–H and O–H groups in total. The average molecular weight is 421 g/mol. The molecule has 1 unspecified atom stereocenters. The van der Waals surface area contributed by atoms with E-state index in [1.165, 1.54) is 13.0 Å². The van der Waals surface area contributed by atoms with Crippen LogP contribution < -0.4 is 10.1 Å². The molecule has 1 heterocycles. The zero-order chi connectivity index (χ0) is 20.5. The van der Waals surface area contributed by atoms with Crippen LogP contribution in [0.5, 0.6) is 5.75 Å². The van der Waals surface area contributed by atoms with Crippen LogP contribution >= 0.6 is 23.2 Å². The number of ketones is 1. The summed E-state index contributed by atoms with van der Waals surface area (Å²) in [4.78, 5) is 38.0. The molecule has 3 amide bonds. The van der Waals surface area contributed by atoms with Crippen LogP contribution in [0.2, 0.25) is 10.0 Å². The largest absolute Gasteiger partial charge is 0.491 e. The Morgan fingerprint density at radius 3 is 2.57 bits per heavy atom. The maximum atomic E-state index is 12.9. The van der Waals surface area contributed by atoms with Crippen LogP contribution in [0.4, 0.5) is 4.79 Å². The Kier molecular flexibility index (Phi) is 5.63. The molecule has 1 saturated heterocycles. The summed E-state index contributed by atoms with van der Waals surface area (Å²) in [7, 11) is 0. The Labute approximate surface area is 172 Å². The van der Waals surface area contributed by atoms with E-state index in [4.69, 9.17) is 27.9 Å². The first kappa shape index (κ1) is 20.2. The van der Waals surface area contributed by atoms with Crippen molar-refractivity contribution in [2.45, 2.75) is 19.4 Å². The van der Waals surface area contributed by atoms with Crippen LogP contribution in [-0.2, 0) is 10.3 Å². The van der Waals surface area contributed by atoms with Gasteiger partial charge >= 0.3 is 6.03 Å². The second-order valence-corrected chi connectivity index (χ2v) is 7.38. The van der Waals surface area contributed by atoms with Crippen molar-refractivity contribution in [2.75, 3.05) is 13.2 Å².